The van der Waals surface area contributed by atoms with Crippen molar-refractivity contribution in [3.05, 3.63) is 35.8 Å². The summed E-state index contributed by atoms with van der Waals surface area (Å²) >= 11 is 1.07. The van der Waals surface area contributed by atoms with E-state index >= 15 is 0 Å². The molecule has 2 N–H and O–H groups in total. The fourth-order valence-electron chi connectivity index (χ4n) is 2.64. The molecule has 2 heterocycles. The van der Waals surface area contributed by atoms with Crippen LogP contribution in [0.3, 0.4) is 0 Å². The summed E-state index contributed by atoms with van der Waals surface area (Å²) in [7, 11) is 0. The highest BCUT2D eigenvalue weighted by Crippen LogP contribution is 2.33. The van der Waals surface area contributed by atoms with Gasteiger partial charge in [-0.2, -0.15) is 10.1 Å². The monoisotopic (exact) mass is 360 g/mol. The van der Waals surface area contributed by atoms with Gasteiger partial charge in [-0.1, -0.05) is 17.8 Å². The smallest absolute Gasteiger partial charge is 0.358 e. The van der Waals surface area contributed by atoms with Crippen LogP contribution in [0.15, 0.2) is 24.3 Å². The first-order valence-electron chi connectivity index (χ1n) is 7.72. The predicted molar refractivity (Wildman–Crippen MR) is 89.6 cm³/mol. The summed E-state index contributed by atoms with van der Waals surface area (Å²) in [6.45, 7) is 0. The molecule has 25 heavy (non-hydrogen) atoms. The van der Waals surface area contributed by atoms with Crippen molar-refractivity contribution < 1.29 is 19.1 Å². The normalized spacial score (nSPS) is 14.4. The van der Waals surface area contributed by atoms with Gasteiger partial charge in [0.2, 0.25) is 5.91 Å². The minimum absolute atomic E-state index is 0.000413. The Hall–Kier alpha value is -2.81. The van der Waals surface area contributed by atoms with E-state index in [2.05, 4.69) is 15.4 Å². The van der Waals surface area contributed by atoms with Crippen molar-refractivity contribution in [1.29, 1.82) is 0 Å². The van der Waals surface area contributed by atoms with Gasteiger partial charge in [0.15, 0.2) is 16.5 Å². The van der Waals surface area contributed by atoms with Gasteiger partial charge in [0.25, 0.3) is 0 Å². The Bertz CT molecular complexity index is 975. The van der Waals surface area contributed by atoms with Crippen LogP contribution in [0, 0.1) is 11.7 Å². The van der Waals surface area contributed by atoms with E-state index in [0.717, 1.165) is 30.6 Å². The van der Waals surface area contributed by atoms with E-state index in [4.69, 9.17) is 0 Å². The largest absolute Gasteiger partial charge is 0.476 e. The van der Waals surface area contributed by atoms with E-state index in [1.807, 2.05) is 0 Å². The number of carbonyl (C=O) groups excluding carboxylic acids is 1. The maximum absolute atomic E-state index is 13.1. The molecule has 9 heteroatoms. The summed E-state index contributed by atoms with van der Waals surface area (Å²) in [5.74, 6) is -1.69. The number of aromatic carboxylic acids is 1. The first kappa shape index (κ1) is 15.7. The minimum Gasteiger partial charge on any atom is -0.476 e. The fraction of sp³-hybridized carbons (Fsp3) is 0.250. The minimum atomic E-state index is -1.19. The van der Waals surface area contributed by atoms with E-state index in [1.165, 1.54) is 28.9 Å². The molecule has 1 aliphatic rings. The Labute approximate surface area is 145 Å². The molecule has 0 saturated heterocycles. The summed E-state index contributed by atoms with van der Waals surface area (Å²) < 4.78 is 14.8. The molecular formula is C16H13FN4O3S. The molecule has 1 amide bonds. The Balaban J connectivity index is 1.76. The number of nitrogens with one attached hydrogen (secondary N) is 1. The zero-order chi connectivity index (χ0) is 17.6. The standard InChI is InChI=1S/C16H13FN4O3S/c17-9-4-6-10(7-5-9)21-13-12(11(20-21)15(23)24)25-16(18-13)19-14(22)8-2-1-3-8/h4-8H,1-3H2,(H,23,24)(H,18,19,22). The van der Waals surface area contributed by atoms with Crippen molar-refractivity contribution in [3.8, 4) is 5.69 Å². The topological polar surface area (TPSA) is 97.1 Å². The quantitative estimate of drug-likeness (QED) is 0.745. The highest BCUT2D eigenvalue weighted by molar-refractivity contribution is 7.22. The second kappa shape index (κ2) is 5.92. The van der Waals surface area contributed by atoms with Crippen LogP contribution in [0.25, 0.3) is 16.0 Å². The third kappa shape index (κ3) is 2.76. The van der Waals surface area contributed by atoms with Crippen molar-refractivity contribution in [2.24, 2.45) is 5.92 Å². The van der Waals surface area contributed by atoms with Crippen LogP contribution >= 0.6 is 11.3 Å². The molecule has 0 atom stereocenters. The Morgan fingerprint density at radius 3 is 2.60 bits per heavy atom. The number of carbonyl (C=O) groups is 2. The Kier molecular flexibility index (Phi) is 3.72. The maximum Gasteiger partial charge on any atom is 0.358 e. The number of hydrogen-bond donors (Lipinski definition) is 2. The number of benzene rings is 1. The van der Waals surface area contributed by atoms with Crippen molar-refractivity contribution in [3.63, 3.8) is 0 Å². The number of fused-ring (bicyclic) bond motifs is 1. The fourth-order valence-corrected chi connectivity index (χ4v) is 3.56. The van der Waals surface area contributed by atoms with Crippen LogP contribution in [-0.2, 0) is 4.79 Å². The maximum atomic E-state index is 13.1. The van der Waals surface area contributed by atoms with Gasteiger partial charge in [-0.3, -0.25) is 4.79 Å². The lowest BCUT2D eigenvalue weighted by molar-refractivity contribution is -0.122. The second-order valence-electron chi connectivity index (χ2n) is 5.83. The summed E-state index contributed by atoms with van der Waals surface area (Å²) in [5.41, 5.74) is 0.653. The number of aromatic nitrogens is 3. The number of anilines is 1. The van der Waals surface area contributed by atoms with Gasteiger partial charge in [-0.15, -0.1) is 0 Å². The van der Waals surface area contributed by atoms with Crippen LogP contribution in [0.2, 0.25) is 0 Å². The zero-order valence-electron chi connectivity index (χ0n) is 12.9. The first-order chi connectivity index (χ1) is 12.0. The molecule has 128 valence electrons. The molecule has 0 bridgehead atoms. The average Bonchev–Trinajstić information content (AvgIpc) is 3.04. The lowest BCUT2D eigenvalue weighted by Gasteiger charge is -2.23. The van der Waals surface area contributed by atoms with Crippen molar-refractivity contribution in [1.82, 2.24) is 14.8 Å². The summed E-state index contributed by atoms with van der Waals surface area (Å²) in [6.07, 6.45) is 2.77. The Morgan fingerprint density at radius 2 is 2.00 bits per heavy atom. The third-order valence-electron chi connectivity index (χ3n) is 4.20. The Morgan fingerprint density at radius 1 is 1.28 bits per heavy atom. The van der Waals surface area contributed by atoms with Gasteiger partial charge in [0, 0.05) is 5.92 Å². The van der Waals surface area contributed by atoms with Gasteiger partial charge in [0.05, 0.1) is 5.69 Å². The van der Waals surface area contributed by atoms with Crippen molar-refractivity contribution in [2.45, 2.75) is 19.3 Å². The molecular weight excluding hydrogens is 347 g/mol. The van der Waals surface area contributed by atoms with Gasteiger partial charge in [-0.05, 0) is 37.1 Å². The number of halogens is 1. The van der Waals surface area contributed by atoms with Crippen molar-refractivity contribution in [2.75, 3.05) is 5.32 Å². The molecule has 1 saturated carbocycles. The van der Waals surface area contributed by atoms with Crippen molar-refractivity contribution >= 4 is 38.7 Å². The van der Waals surface area contributed by atoms with Crippen LogP contribution in [0.4, 0.5) is 9.52 Å². The summed E-state index contributed by atoms with van der Waals surface area (Å²) in [4.78, 5) is 27.9. The lowest BCUT2D eigenvalue weighted by Crippen LogP contribution is -2.27. The number of carboxylic acid groups (broad SMARTS) is 1. The molecule has 3 aromatic rings. The van der Waals surface area contributed by atoms with E-state index in [1.54, 1.807) is 0 Å². The highest BCUT2D eigenvalue weighted by Gasteiger charge is 2.27. The average molecular weight is 360 g/mol. The van der Waals surface area contributed by atoms with Gasteiger partial charge < -0.3 is 10.4 Å². The molecule has 2 aromatic heterocycles. The predicted octanol–water partition coefficient (Wildman–Crippen LogP) is 3.06. The molecule has 0 spiro atoms. The molecule has 0 aliphatic heterocycles. The van der Waals surface area contributed by atoms with Crippen LogP contribution in [0.5, 0.6) is 0 Å². The van der Waals surface area contributed by atoms with Crippen LogP contribution in [-0.4, -0.2) is 31.7 Å². The van der Waals surface area contributed by atoms with E-state index in [9.17, 15) is 19.1 Å². The second-order valence-corrected chi connectivity index (χ2v) is 6.83. The number of nitrogens with zero attached hydrogens (tertiary/aromatic N) is 3. The third-order valence-corrected chi connectivity index (χ3v) is 5.17. The number of thiazole rings is 1. The van der Waals surface area contributed by atoms with E-state index in [-0.39, 0.29) is 17.5 Å². The number of amides is 1. The molecule has 0 radical (unpaired) electrons. The van der Waals surface area contributed by atoms with Crippen LogP contribution < -0.4 is 5.32 Å². The molecule has 0 unspecified atom stereocenters. The molecule has 1 aromatic carbocycles. The molecule has 4 rings (SSSR count). The summed E-state index contributed by atoms with van der Waals surface area (Å²) in [5, 5.41) is 16.5. The number of rotatable bonds is 4. The van der Waals surface area contributed by atoms with Crippen LogP contribution in [0.1, 0.15) is 29.8 Å². The van der Waals surface area contributed by atoms with E-state index in [0.29, 0.717) is 21.2 Å². The van der Waals surface area contributed by atoms with Gasteiger partial charge in [-0.25, -0.2) is 13.9 Å². The van der Waals surface area contributed by atoms with Gasteiger partial charge in [0.1, 0.15) is 10.5 Å². The number of carboxylic acids is 1. The molecule has 1 aliphatic carbocycles. The molecule has 7 nitrogen and oxygen atoms in total. The zero-order valence-corrected chi connectivity index (χ0v) is 13.7. The lowest BCUT2D eigenvalue weighted by atomic mass is 9.85. The first-order valence-corrected chi connectivity index (χ1v) is 8.54. The van der Waals surface area contributed by atoms with Gasteiger partial charge >= 0.3 is 5.97 Å². The SMILES string of the molecule is O=C(O)c1nn(-c2ccc(F)cc2)c2nc(NC(=O)C3CCC3)sc12. The highest BCUT2D eigenvalue weighted by atomic mass is 32.1. The van der Waals surface area contributed by atoms with E-state index < -0.39 is 11.8 Å². The molecule has 1 fully saturated rings. The summed E-state index contributed by atoms with van der Waals surface area (Å²) in [6, 6.07) is 5.49. The number of hydrogen-bond acceptors (Lipinski definition) is 5.